The number of rotatable bonds is 6. The summed E-state index contributed by atoms with van der Waals surface area (Å²) < 4.78 is 19.4. The molecule has 2 heterocycles. The number of likely N-dealkylation sites (N-methyl/N-ethyl adjacent to an activating group) is 1. The summed E-state index contributed by atoms with van der Waals surface area (Å²) in [5, 5.41) is -0.619. The molecule has 0 spiro atoms. The first kappa shape index (κ1) is 18.5. The second-order valence-corrected chi connectivity index (χ2v) is 7.47. The molecule has 0 N–H and O–H groups in total. The molecule has 1 aromatic heterocycles. The number of carbonyl (C=O) groups excluding carboxylic acids is 2. The van der Waals surface area contributed by atoms with E-state index in [0.29, 0.717) is 25.2 Å². The predicted molar refractivity (Wildman–Crippen MR) is 98.2 cm³/mol. The van der Waals surface area contributed by atoms with E-state index in [1.165, 1.54) is 24.1 Å². The Balaban J connectivity index is 1.74. The van der Waals surface area contributed by atoms with E-state index in [1.54, 1.807) is 40.1 Å². The average Bonchev–Trinajstić information content (AvgIpc) is 3.26. The number of thioether (sulfide) groups is 1. The number of amides is 2. The highest BCUT2D eigenvalue weighted by Crippen LogP contribution is 2.43. The third kappa shape index (κ3) is 3.62. The van der Waals surface area contributed by atoms with Crippen LogP contribution in [-0.4, -0.2) is 46.5 Å². The molecule has 3 rings (SSSR count). The summed E-state index contributed by atoms with van der Waals surface area (Å²) in [5.74, 6) is -0.305. The van der Waals surface area contributed by atoms with Crippen LogP contribution >= 0.6 is 11.8 Å². The first-order chi connectivity index (χ1) is 12.5. The summed E-state index contributed by atoms with van der Waals surface area (Å²) in [6, 6.07) is 9.79. The van der Waals surface area contributed by atoms with Gasteiger partial charge >= 0.3 is 0 Å². The molecule has 0 unspecified atom stereocenters. The first-order valence-electron chi connectivity index (χ1n) is 8.56. The van der Waals surface area contributed by atoms with Crippen molar-refractivity contribution in [1.29, 1.82) is 0 Å². The zero-order valence-corrected chi connectivity index (χ0v) is 15.5. The fraction of sp³-hybridized carbons (Fsp3) is 0.368. The van der Waals surface area contributed by atoms with E-state index in [2.05, 4.69) is 0 Å². The molecular weight excluding hydrogens is 355 g/mol. The van der Waals surface area contributed by atoms with Gasteiger partial charge in [0.15, 0.2) is 5.76 Å². The largest absolute Gasteiger partial charge is 0.459 e. The lowest BCUT2D eigenvalue weighted by Gasteiger charge is -2.28. The van der Waals surface area contributed by atoms with E-state index in [9.17, 15) is 14.0 Å². The number of halogens is 1. The molecule has 0 saturated carbocycles. The Labute approximate surface area is 156 Å². The molecular formula is C19H21FN2O3S. The van der Waals surface area contributed by atoms with Gasteiger partial charge < -0.3 is 14.2 Å². The third-order valence-corrected chi connectivity index (χ3v) is 5.81. The lowest BCUT2D eigenvalue weighted by Crippen LogP contribution is -2.40. The van der Waals surface area contributed by atoms with Crippen molar-refractivity contribution < 1.29 is 18.4 Å². The van der Waals surface area contributed by atoms with Gasteiger partial charge in [-0.25, -0.2) is 4.39 Å². The van der Waals surface area contributed by atoms with Crippen molar-refractivity contribution in [2.24, 2.45) is 0 Å². The van der Waals surface area contributed by atoms with Gasteiger partial charge in [0.05, 0.1) is 11.5 Å². The van der Waals surface area contributed by atoms with Gasteiger partial charge in [-0.15, -0.1) is 11.8 Å². The zero-order chi connectivity index (χ0) is 18.7. The Hall–Kier alpha value is -2.28. The predicted octanol–water partition coefficient (Wildman–Crippen LogP) is 3.54. The first-order valence-corrected chi connectivity index (χ1v) is 9.50. The number of hydrogen-bond acceptors (Lipinski definition) is 4. The van der Waals surface area contributed by atoms with E-state index in [4.69, 9.17) is 4.42 Å². The number of carbonyl (C=O) groups is 2. The average molecular weight is 376 g/mol. The Bertz CT molecular complexity index is 781. The summed E-state index contributed by atoms with van der Waals surface area (Å²) in [4.78, 5) is 28.3. The maximum absolute atomic E-state index is 14.2. The molecule has 1 saturated heterocycles. The zero-order valence-electron chi connectivity index (χ0n) is 14.7. The summed E-state index contributed by atoms with van der Waals surface area (Å²) in [6.45, 7) is 4.90. The minimum atomic E-state index is -0.379. The minimum Gasteiger partial charge on any atom is -0.459 e. The molecule has 1 fully saturated rings. The van der Waals surface area contributed by atoms with E-state index in [0.717, 1.165) is 0 Å². The van der Waals surface area contributed by atoms with Gasteiger partial charge in [-0.1, -0.05) is 18.2 Å². The normalized spacial score (nSPS) is 19.8. The SMILES string of the molecule is CCN(CCN1C(=O)[C@@H](C)S[C@@H]1c1ccccc1F)C(=O)c1ccco1. The van der Waals surface area contributed by atoms with Crippen molar-refractivity contribution in [2.45, 2.75) is 24.5 Å². The van der Waals surface area contributed by atoms with Crippen molar-refractivity contribution in [3.63, 3.8) is 0 Å². The van der Waals surface area contributed by atoms with Gasteiger partial charge in [0.1, 0.15) is 11.2 Å². The van der Waals surface area contributed by atoms with Gasteiger partial charge in [0, 0.05) is 25.2 Å². The van der Waals surface area contributed by atoms with Crippen molar-refractivity contribution in [3.8, 4) is 0 Å². The Kier molecular flexibility index (Phi) is 5.66. The Morgan fingerprint density at radius 2 is 2.08 bits per heavy atom. The Morgan fingerprint density at radius 3 is 2.73 bits per heavy atom. The second kappa shape index (κ2) is 7.95. The molecule has 1 aromatic carbocycles. The molecule has 1 aliphatic rings. The number of nitrogens with zero attached hydrogens (tertiary/aromatic N) is 2. The van der Waals surface area contributed by atoms with Crippen molar-refractivity contribution >= 4 is 23.6 Å². The molecule has 2 amide bonds. The highest BCUT2D eigenvalue weighted by Gasteiger charge is 2.39. The number of benzene rings is 1. The van der Waals surface area contributed by atoms with Crippen LogP contribution in [0, 0.1) is 5.82 Å². The smallest absolute Gasteiger partial charge is 0.289 e. The third-order valence-electron chi connectivity index (χ3n) is 4.43. The quantitative estimate of drug-likeness (QED) is 0.774. The molecule has 0 aliphatic carbocycles. The highest BCUT2D eigenvalue weighted by molar-refractivity contribution is 8.01. The lowest BCUT2D eigenvalue weighted by atomic mass is 10.2. The molecule has 0 bridgehead atoms. The molecule has 5 nitrogen and oxygen atoms in total. The van der Waals surface area contributed by atoms with E-state index >= 15 is 0 Å². The molecule has 26 heavy (non-hydrogen) atoms. The van der Waals surface area contributed by atoms with Crippen molar-refractivity contribution in [2.75, 3.05) is 19.6 Å². The molecule has 0 radical (unpaired) electrons. The fourth-order valence-corrected chi connectivity index (χ4v) is 4.34. The van der Waals surface area contributed by atoms with Gasteiger partial charge in [0.2, 0.25) is 5.91 Å². The summed E-state index contributed by atoms with van der Waals surface area (Å²) in [7, 11) is 0. The maximum Gasteiger partial charge on any atom is 0.289 e. The van der Waals surface area contributed by atoms with Crippen LogP contribution in [-0.2, 0) is 4.79 Å². The van der Waals surface area contributed by atoms with Gasteiger partial charge in [-0.05, 0) is 32.0 Å². The molecule has 1 aliphatic heterocycles. The lowest BCUT2D eigenvalue weighted by molar-refractivity contribution is -0.130. The number of furan rings is 1. The van der Waals surface area contributed by atoms with Gasteiger partial charge in [-0.3, -0.25) is 9.59 Å². The molecule has 7 heteroatoms. The van der Waals surface area contributed by atoms with Crippen molar-refractivity contribution in [3.05, 3.63) is 59.8 Å². The van der Waals surface area contributed by atoms with Crippen LogP contribution in [0.2, 0.25) is 0 Å². The van der Waals surface area contributed by atoms with Crippen LogP contribution < -0.4 is 0 Å². The van der Waals surface area contributed by atoms with Gasteiger partial charge in [0.25, 0.3) is 5.91 Å². The molecule has 2 atom stereocenters. The van der Waals surface area contributed by atoms with Crippen LogP contribution in [0.5, 0.6) is 0 Å². The fourth-order valence-electron chi connectivity index (χ4n) is 3.01. The van der Waals surface area contributed by atoms with Crippen LogP contribution in [0.25, 0.3) is 0 Å². The number of hydrogen-bond donors (Lipinski definition) is 0. The van der Waals surface area contributed by atoms with Crippen LogP contribution in [0.4, 0.5) is 4.39 Å². The van der Waals surface area contributed by atoms with E-state index in [-0.39, 0.29) is 34.0 Å². The maximum atomic E-state index is 14.2. The van der Waals surface area contributed by atoms with Crippen LogP contribution in [0.1, 0.15) is 35.3 Å². The monoisotopic (exact) mass is 376 g/mol. The van der Waals surface area contributed by atoms with Crippen molar-refractivity contribution in [1.82, 2.24) is 9.80 Å². The topological polar surface area (TPSA) is 53.8 Å². The second-order valence-electron chi connectivity index (χ2n) is 6.05. The standard InChI is InChI=1S/C19H21FN2O3S/c1-3-21(18(24)16-9-6-12-25-16)10-11-22-17(23)13(2)26-19(22)14-7-4-5-8-15(14)20/h4-9,12-13,19H,3,10-11H2,1-2H3/t13-,19-/m1/s1. The van der Waals surface area contributed by atoms with E-state index < -0.39 is 0 Å². The van der Waals surface area contributed by atoms with E-state index in [1.807, 2.05) is 13.8 Å². The van der Waals surface area contributed by atoms with Gasteiger partial charge in [-0.2, -0.15) is 0 Å². The highest BCUT2D eigenvalue weighted by atomic mass is 32.2. The molecule has 138 valence electrons. The summed E-state index contributed by atoms with van der Waals surface area (Å²) >= 11 is 1.43. The summed E-state index contributed by atoms with van der Waals surface area (Å²) in [5.41, 5.74) is 0.496. The van der Waals surface area contributed by atoms with Crippen LogP contribution in [0.3, 0.4) is 0 Å². The molecule has 2 aromatic rings. The van der Waals surface area contributed by atoms with Crippen LogP contribution in [0.15, 0.2) is 47.1 Å². The summed E-state index contributed by atoms with van der Waals surface area (Å²) in [6.07, 6.45) is 1.46. The minimum absolute atomic E-state index is 0.0373. The Morgan fingerprint density at radius 1 is 1.31 bits per heavy atom.